The van der Waals surface area contributed by atoms with Crippen molar-refractivity contribution in [2.45, 2.75) is 58.0 Å². The van der Waals surface area contributed by atoms with Crippen molar-refractivity contribution in [2.24, 2.45) is 0 Å². The van der Waals surface area contributed by atoms with E-state index < -0.39 is 11.6 Å². The van der Waals surface area contributed by atoms with Gasteiger partial charge >= 0.3 is 0 Å². The Kier molecular flexibility index (Phi) is 9.71. The lowest BCUT2D eigenvalue weighted by Crippen LogP contribution is -2.54. The van der Waals surface area contributed by atoms with Crippen molar-refractivity contribution < 1.29 is 14.0 Å². The molecule has 4 nitrogen and oxygen atoms in total. The summed E-state index contributed by atoms with van der Waals surface area (Å²) < 4.78 is 13.5. The third-order valence-electron chi connectivity index (χ3n) is 5.65. The minimum Gasteiger partial charge on any atom is -0.350 e. The zero-order chi connectivity index (χ0) is 26.1. The third-order valence-corrected chi connectivity index (χ3v) is 6.64. The quantitative estimate of drug-likeness (QED) is 0.371. The first-order valence-electron chi connectivity index (χ1n) is 12.1. The summed E-state index contributed by atoms with van der Waals surface area (Å²) in [5.74, 6) is 0.278. The van der Waals surface area contributed by atoms with Crippen LogP contribution in [0.15, 0.2) is 78.9 Å². The normalized spacial score (nSPS) is 12.1. The summed E-state index contributed by atoms with van der Waals surface area (Å²) in [6, 6.07) is 23.3. The van der Waals surface area contributed by atoms with Gasteiger partial charge in [0.15, 0.2) is 0 Å². The summed E-state index contributed by atoms with van der Waals surface area (Å²) in [7, 11) is 0. The van der Waals surface area contributed by atoms with E-state index in [0.717, 1.165) is 16.7 Å². The molecular weight excluding hydrogens is 471 g/mol. The molecule has 3 rings (SSSR count). The van der Waals surface area contributed by atoms with Gasteiger partial charge in [-0.15, -0.1) is 11.8 Å². The average Bonchev–Trinajstić information content (AvgIpc) is 2.83. The molecule has 0 saturated heterocycles. The standard InChI is InChI=1S/C30H35FN2O2S/c1-22-10-12-25(13-11-22)20-36-21-28(34)33(19-24-14-16-26(31)17-15-24)27(29(35)32-30(2,3)4)18-23-8-6-5-7-9-23/h5-17,27H,18-21H2,1-4H3,(H,32,35)/t27-/m1/s1. The number of carbonyl (C=O) groups is 2. The number of rotatable bonds is 10. The van der Waals surface area contributed by atoms with Crippen LogP contribution in [0, 0.1) is 12.7 Å². The lowest BCUT2D eigenvalue weighted by molar-refractivity contribution is -0.140. The Hall–Kier alpha value is -3.12. The highest BCUT2D eigenvalue weighted by atomic mass is 32.2. The second-order valence-corrected chi connectivity index (χ2v) is 11.1. The van der Waals surface area contributed by atoms with E-state index in [2.05, 4.69) is 29.6 Å². The van der Waals surface area contributed by atoms with E-state index in [1.54, 1.807) is 17.0 Å². The highest BCUT2D eigenvalue weighted by Crippen LogP contribution is 2.19. The molecule has 3 aromatic carbocycles. The van der Waals surface area contributed by atoms with Crippen molar-refractivity contribution in [1.82, 2.24) is 10.2 Å². The van der Waals surface area contributed by atoms with Crippen LogP contribution in [0.4, 0.5) is 4.39 Å². The number of hydrogen-bond acceptors (Lipinski definition) is 3. The molecule has 0 aromatic heterocycles. The number of halogens is 1. The Bertz CT molecular complexity index is 1130. The molecule has 36 heavy (non-hydrogen) atoms. The first kappa shape index (κ1) is 27.5. The second-order valence-electron chi connectivity index (χ2n) is 10.1. The van der Waals surface area contributed by atoms with Gasteiger partial charge in [-0.2, -0.15) is 0 Å². The van der Waals surface area contributed by atoms with E-state index in [1.165, 1.54) is 29.5 Å². The van der Waals surface area contributed by atoms with Crippen LogP contribution in [0.2, 0.25) is 0 Å². The maximum atomic E-state index is 13.6. The predicted molar refractivity (Wildman–Crippen MR) is 146 cm³/mol. The lowest BCUT2D eigenvalue weighted by atomic mass is 10.0. The largest absolute Gasteiger partial charge is 0.350 e. The molecule has 2 amide bonds. The minimum absolute atomic E-state index is 0.124. The summed E-state index contributed by atoms with van der Waals surface area (Å²) >= 11 is 1.53. The molecule has 1 N–H and O–H groups in total. The molecule has 0 fully saturated rings. The molecular formula is C30H35FN2O2S. The smallest absolute Gasteiger partial charge is 0.243 e. The van der Waals surface area contributed by atoms with E-state index in [-0.39, 0.29) is 29.9 Å². The SMILES string of the molecule is Cc1ccc(CSCC(=O)N(Cc2ccc(F)cc2)[C@H](Cc2ccccc2)C(=O)NC(C)(C)C)cc1. The van der Waals surface area contributed by atoms with Crippen molar-refractivity contribution in [1.29, 1.82) is 0 Å². The molecule has 0 bridgehead atoms. The van der Waals surface area contributed by atoms with Crippen LogP contribution in [0.3, 0.4) is 0 Å². The molecule has 190 valence electrons. The van der Waals surface area contributed by atoms with Crippen LogP contribution in [0.1, 0.15) is 43.0 Å². The maximum Gasteiger partial charge on any atom is 0.243 e. The van der Waals surface area contributed by atoms with E-state index in [9.17, 15) is 14.0 Å². The number of nitrogens with one attached hydrogen (secondary N) is 1. The molecule has 0 heterocycles. The molecule has 0 spiro atoms. The van der Waals surface area contributed by atoms with E-state index >= 15 is 0 Å². The van der Waals surface area contributed by atoms with Crippen molar-refractivity contribution in [3.05, 3.63) is 107 Å². The highest BCUT2D eigenvalue weighted by Gasteiger charge is 2.32. The summed E-state index contributed by atoms with van der Waals surface area (Å²) in [5.41, 5.74) is 3.64. The van der Waals surface area contributed by atoms with Gasteiger partial charge in [0.25, 0.3) is 0 Å². The van der Waals surface area contributed by atoms with Crippen LogP contribution >= 0.6 is 11.8 Å². The van der Waals surface area contributed by atoms with Gasteiger partial charge in [0.2, 0.25) is 11.8 Å². The molecule has 0 aliphatic heterocycles. The van der Waals surface area contributed by atoms with Gasteiger partial charge in [-0.3, -0.25) is 9.59 Å². The van der Waals surface area contributed by atoms with Gasteiger partial charge in [0.1, 0.15) is 11.9 Å². The van der Waals surface area contributed by atoms with E-state index in [0.29, 0.717) is 12.2 Å². The average molecular weight is 507 g/mol. The zero-order valence-corrected chi connectivity index (χ0v) is 22.3. The van der Waals surface area contributed by atoms with Gasteiger partial charge in [-0.1, -0.05) is 72.3 Å². The Morgan fingerprint density at radius 1 is 0.889 bits per heavy atom. The second kappa shape index (κ2) is 12.7. The van der Waals surface area contributed by atoms with Gasteiger partial charge in [-0.05, 0) is 56.5 Å². The molecule has 3 aromatic rings. The first-order valence-corrected chi connectivity index (χ1v) is 13.3. The summed E-state index contributed by atoms with van der Waals surface area (Å²) in [6.07, 6.45) is 0.387. The molecule has 0 saturated carbocycles. The topological polar surface area (TPSA) is 49.4 Å². The number of thioether (sulfide) groups is 1. The summed E-state index contributed by atoms with van der Waals surface area (Å²) in [6.45, 7) is 8.04. The third kappa shape index (κ3) is 8.83. The Morgan fingerprint density at radius 2 is 1.50 bits per heavy atom. The van der Waals surface area contributed by atoms with Crippen LogP contribution in [-0.2, 0) is 28.3 Å². The van der Waals surface area contributed by atoms with Gasteiger partial charge in [0, 0.05) is 24.3 Å². The van der Waals surface area contributed by atoms with Crippen molar-refractivity contribution >= 4 is 23.6 Å². The molecule has 1 atom stereocenters. The zero-order valence-electron chi connectivity index (χ0n) is 21.5. The number of aryl methyl sites for hydroxylation is 1. The minimum atomic E-state index is -0.704. The van der Waals surface area contributed by atoms with E-state index in [1.807, 2.05) is 58.0 Å². The Labute approximate surface area is 218 Å². The first-order chi connectivity index (χ1) is 17.1. The Balaban J connectivity index is 1.85. The van der Waals surface area contributed by atoms with Crippen LogP contribution in [0.5, 0.6) is 0 Å². The van der Waals surface area contributed by atoms with Gasteiger partial charge in [0.05, 0.1) is 5.75 Å². The fraction of sp³-hybridized carbons (Fsp3) is 0.333. The molecule has 6 heteroatoms. The van der Waals surface area contributed by atoms with Crippen molar-refractivity contribution in [2.75, 3.05) is 5.75 Å². The van der Waals surface area contributed by atoms with Gasteiger partial charge in [-0.25, -0.2) is 4.39 Å². The molecule has 0 aliphatic carbocycles. The number of amides is 2. The predicted octanol–water partition coefficient (Wildman–Crippen LogP) is 5.92. The molecule has 0 aliphatic rings. The lowest BCUT2D eigenvalue weighted by Gasteiger charge is -2.34. The fourth-order valence-electron chi connectivity index (χ4n) is 3.82. The summed E-state index contributed by atoms with van der Waals surface area (Å²) in [4.78, 5) is 28.8. The van der Waals surface area contributed by atoms with Crippen molar-refractivity contribution in [3.8, 4) is 0 Å². The van der Waals surface area contributed by atoms with Crippen LogP contribution < -0.4 is 5.32 Å². The number of nitrogens with zero attached hydrogens (tertiary/aromatic N) is 1. The summed E-state index contributed by atoms with van der Waals surface area (Å²) in [5, 5.41) is 3.06. The molecule has 0 unspecified atom stereocenters. The maximum absolute atomic E-state index is 13.6. The van der Waals surface area contributed by atoms with Crippen LogP contribution in [-0.4, -0.2) is 34.0 Å². The van der Waals surface area contributed by atoms with Gasteiger partial charge < -0.3 is 10.2 Å². The fourth-order valence-corrected chi connectivity index (χ4v) is 4.69. The van der Waals surface area contributed by atoms with Crippen molar-refractivity contribution in [3.63, 3.8) is 0 Å². The monoisotopic (exact) mass is 506 g/mol. The van der Waals surface area contributed by atoms with Crippen LogP contribution in [0.25, 0.3) is 0 Å². The molecule has 0 radical (unpaired) electrons. The van der Waals surface area contributed by atoms with E-state index in [4.69, 9.17) is 0 Å². The highest BCUT2D eigenvalue weighted by molar-refractivity contribution is 7.99. The number of hydrogen-bond donors (Lipinski definition) is 1. The number of benzene rings is 3. The Morgan fingerprint density at radius 3 is 2.11 bits per heavy atom. The number of carbonyl (C=O) groups excluding carboxylic acids is 2.